The average molecular weight is 332 g/mol. The molecular formula is C14H19BrFNO2. The molecule has 0 spiro atoms. The Hall–Kier alpha value is -0.940. The van der Waals surface area contributed by atoms with E-state index in [4.69, 9.17) is 5.11 Å². The van der Waals surface area contributed by atoms with Crippen LogP contribution in [-0.4, -0.2) is 35.1 Å². The highest BCUT2D eigenvalue weighted by Gasteiger charge is 2.24. The van der Waals surface area contributed by atoms with Crippen LogP contribution in [-0.2, 0) is 0 Å². The molecule has 1 aromatic carbocycles. The molecular weight excluding hydrogens is 313 g/mol. The minimum absolute atomic E-state index is 0.0164. The van der Waals surface area contributed by atoms with E-state index < -0.39 is 5.82 Å². The summed E-state index contributed by atoms with van der Waals surface area (Å²) in [5, 5.41) is 9.09. The van der Waals surface area contributed by atoms with Crippen molar-refractivity contribution < 1.29 is 14.3 Å². The van der Waals surface area contributed by atoms with Crippen LogP contribution in [0.3, 0.4) is 0 Å². The topological polar surface area (TPSA) is 40.5 Å². The minimum atomic E-state index is -0.548. The van der Waals surface area contributed by atoms with Gasteiger partial charge in [-0.1, -0.05) is 29.8 Å². The van der Waals surface area contributed by atoms with Gasteiger partial charge in [0.2, 0.25) is 0 Å². The summed E-state index contributed by atoms with van der Waals surface area (Å²) >= 11 is 3.16. The van der Waals surface area contributed by atoms with Crippen molar-refractivity contribution in [3.63, 3.8) is 0 Å². The Kier molecular flexibility index (Phi) is 6.45. The molecule has 0 fully saturated rings. The third kappa shape index (κ3) is 4.01. The lowest BCUT2D eigenvalue weighted by atomic mass is 10.1. The zero-order valence-corrected chi connectivity index (χ0v) is 12.8. The number of carbonyl (C=O) groups is 1. The van der Waals surface area contributed by atoms with E-state index in [-0.39, 0.29) is 30.7 Å². The van der Waals surface area contributed by atoms with E-state index in [0.717, 1.165) is 12.8 Å². The molecule has 1 N–H and O–H groups in total. The van der Waals surface area contributed by atoms with E-state index in [2.05, 4.69) is 15.9 Å². The van der Waals surface area contributed by atoms with Crippen molar-refractivity contribution in [3.8, 4) is 0 Å². The summed E-state index contributed by atoms with van der Waals surface area (Å²) in [7, 11) is 0. The fourth-order valence-electron chi connectivity index (χ4n) is 2.10. The summed E-state index contributed by atoms with van der Waals surface area (Å²) in [4.78, 5) is 13.9. The average Bonchev–Trinajstić information content (AvgIpc) is 2.38. The van der Waals surface area contributed by atoms with Gasteiger partial charge in [0.25, 0.3) is 5.91 Å². The summed E-state index contributed by atoms with van der Waals surface area (Å²) in [6.07, 6.45) is 1.56. The van der Waals surface area contributed by atoms with Crippen LogP contribution in [0.15, 0.2) is 22.7 Å². The molecule has 0 unspecified atom stereocenters. The molecule has 0 radical (unpaired) electrons. The van der Waals surface area contributed by atoms with Gasteiger partial charge in [0.05, 0.1) is 12.2 Å². The molecule has 0 bridgehead atoms. The van der Waals surface area contributed by atoms with Crippen molar-refractivity contribution in [2.24, 2.45) is 0 Å². The van der Waals surface area contributed by atoms with Crippen LogP contribution in [0.5, 0.6) is 0 Å². The predicted octanol–water partition coefficient (Wildman–Crippen LogP) is 3.21. The molecule has 0 atom stereocenters. The molecule has 0 saturated carbocycles. The van der Waals surface area contributed by atoms with Crippen LogP contribution < -0.4 is 0 Å². The van der Waals surface area contributed by atoms with Crippen LogP contribution in [0.4, 0.5) is 4.39 Å². The third-order valence-electron chi connectivity index (χ3n) is 3.15. The second-order valence-corrected chi connectivity index (χ2v) is 5.23. The van der Waals surface area contributed by atoms with Gasteiger partial charge >= 0.3 is 0 Å². The summed E-state index contributed by atoms with van der Waals surface area (Å²) in [5.74, 6) is -0.916. The smallest absolute Gasteiger partial charge is 0.257 e. The summed E-state index contributed by atoms with van der Waals surface area (Å²) < 4.78 is 14.4. The van der Waals surface area contributed by atoms with Gasteiger partial charge in [-0.15, -0.1) is 0 Å². The highest BCUT2D eigenvalue weighted by Crippen LogP contribution is 2.19. The van der Waals surface area contributed by atoms with Crippen molar-refractivity contribution in [1.29, 1.82) is 0 Å². The molecule has 0 heterocycles. The Labute approximate surface area is 121 Å². The first-order chi connectivity index (χ1) is 9.04. The number of hydrogen-bond acceptors (Lipinski definition) is 2. The first-order valence-electron chi connectivity index (χ1n) is 6.42. The molecule has 0 aromatic heterocycles. The molecule has 0 aliphatic carbocycles. The minimum Gasteiger partial charge on any atom is -0.395 e. The van der Waals surface area contributed by atoms with Gasteiger partial charge in [-0.3, -0.25) is 4.79 Å². The van der Waals surface area contributed by atoms with Gasteiger partial charge in [0.15, 0.2) is 0 Å². The molecule has 0 saturated heterocycles. The standard InChI is InChI=1S/C14H19BrFNO2/c1-3-11(4-2)17(7-8-18)14(19)12-6-5-10(15)9-13(12)16/h5-6,9,11,18H,3-4,7-8H2,1-2H3. The Bertz CT molecular complexity index is 435. The van der Waals surface area contributed by atoms with Crippen molar-refractivity contribution in [2.75, 3.05) is 13.2 Å². The Morgan fingerprint density at radius 1 is 1.42 bits per heavy atom. The van der Waals surface area contributed by atoms with Crippen LogP contribution in [0.2, 0.25) is 0 Å². The molecule has 0 aliphatic rings. The molecule has 19 heavy (non-hydrogen) atoms. The van der Waals surface area contributed by atoms with Crippen LogP contribution in [0, 0.1) is 5.82 Å². The Balaban J connectivity index is 3.04. The monoisotopic (exact) mass is 331 g/mol. The van der Waals surface area contributed by atoms with E-state index in [1.807, 2.05) is 13.8 Å². The lowest BCUT2D eigenvalue weighted by Gasteiger charge is -2.30. The third-order valence-corrected chi connectivity index (χ3v) is 3.64. The first-order valence-corrected chi connectivity index (χ1v) is 7.21. The molecule has 5 heteroatoms. The molecule has 1 rings (SSSR count). The van der Waals surface area contributed by atoms with Crippen LogP contribution >= 0.6 is 15.9 Å². The highest BCUT2D eigenvalue weighted by atomic mass is 79.9. The first kappa shape index (κ1) is 16.1. The van der Waals surface area contributed by atoms with Gasteiger partial charge in [0, 0.05) is 17.1 Å². The van der Waals surface area contributed by atoms with Crippen LogP contribution in [0.25, 0.3) is 0 Å². The van der Waals surface area contributed by atoms with E-state index in [9.17, 15) is 9.18 Å². The SMILES string of the molecule is CCC(CC)N(CCO)C(=O)c1ccc(Br)cc1F. The van der Waals surface area contributed by atoms with Crippen molar-refractivity contribution in [2.45, 2.75) is 32.7 Å². The number of amides is 1. The fraction of sp³-hybridized carbons (Fsp3) is 0.500. The molecule has 0 aliphatic heterocycles. The van der Waals surface area contributed by atoms with Gasteiger partial charge in [-0.25, -0.2) is 4.39 Å². The van der Waals surface area contributed by atoms with Gasteiger partial charge in [-0.05, 0) is 31.0 Å². The lowest BCUT2D eigenvalue weighted by Crippen LogP contribution is -2.41. The molecule has 3 nitrogen and oxygen atoms in total. The van der Waals surface area contributed by atoms with Crippen molar-refractivity contribution in [3.05, 3.63) is 34.1 Å². The van der Waals surface area contributed by atoms with Crippen molar-refractivity contribution in [1.82, 2.24) is 4.90 Å². The van der Waals surface area contributed by atoms with Gasteiger partial charge < -0.3 is 10.0 Å². The van der Waals surface area contributed by atoms with E-state index in [0.29, 0.717) is 4.47 Å². The number of aliphatic hydroxyl groups excluding tert-OH is 1. The number of aliphatic hydroxyl groups is 1. The summed E-state index contributed by atoms with van der Waals surface area (Å²) in [6.45, 7) is 4.05. The predicted molar refractivity (Wildman–Crippen MR) is 76.6 cm³/mol. The fourth-order valence-corrected chi connectivity index (χ4v) is 2.44. The zero-order chi connectivity index (χ0) is 14.4. The highest BCUT2D eigenvalue weighted by molar-refractivity contribution is 9.10. The van der Waals surface area contributed by atoms with Gasteiger partial charge in [-0.2, -0.15) is 0 Å². The van der Waals surface area contributed by atoms with Gasteiger partial charge in [0.1, 0.15) is 5.82 Å². The number of carbonyl (C=O) groups excluding carboxylic acids is 1. The largest absolute Gasteiger partial charge is 0.395 e. The van der Waals surface area contributed by atoms with E-state index in [1.165, 1.54) is 12.1 Å². The second kappa shape index (κ2) is 7.60. The number of hydrogen-bond donors (Lipinski definition) is 1. The second-order valence-electron chi connectivity index (χ2n) is 4.32. The Morgan fingerprint density at radius 3 is 2.53 bits per heavy atom. The maximum Gasteiger partial charge on any atom is 0.257 e. The van der Waals surface area contributed by atoms with E-state index >= 15 is 0 Å². The van der Waals surface area contributed by atoms with Crippen molar-refractivity contribution >= 4 is 21.8 Å². The van der Waals surface area contributed by atoms with Crippen LogP contribution in [0.1, 0.15) is 37.0 Å². The summed E-state index contributed by atoms with van der Waals surface area (Å²) in [5.41, 5.74) is 0.0450. The number of benzene rings is 1. The maximum absolute atomic E-state index is 13.8. The normalized spacial score (nSPS) is 10.8. The van der Waals surface area contributed by atoms with E-state index in [1.54, 1.807) is 11.0 Å². The zero-order valence-electron chi connectivity index (χ0n) is 11.2. The molecule has 1 aromatic rings. The molecule has 1 amide bonds. The number of nitrogens with zero attached hydrogens (tertiary/aromatic N) is 1. The molecule has 106 valence electrons. The lowest BCUT2D eigenvalue weighted by molar-refractivity contribution is 0.0617. The maximum atomic E-state index is 13.8. The summed E-state index contributed by atoms with van der Waals surface area (Å²) in [6, 6.07) is 4.40. The number of halogens is 2. The quantitative estimate of drug-likeness (QED) is 0.869. The number of rotatable bonds is 6. The Morgan fingerprint density at radius 2 is 2.05 bits per heavy atom.